The van der Waals surface area contributed by atoms with Crippen LogP contribution in [0.25, 0.3) is 11.5 Å². The molecule has 3 rings (SSSR count). The fourth-order valence-electron chi connectivity index (χ4n) is 2.52. The van der Waals surface area contributed by atoms with E-state index in [4.69, 9.17) is 0 Å². The van der Waals surface area contributed by atoms with E-state index in [1.165, 1.54) is 6.33 Å². The highest BCUT2D eigenvalue weighted by Gasteiger charge is 2.14. The van der Waals surface area contributed by atoms with Crippen molar-refractivity contribution in [2.75, 3.05) is 5.43 Å². The number of nitrogens with one attached hydrogen (secondary N) is 2. The average Bonchev–Trinajstić information content (AvgIpc) is 3.02. The number of nitrogens with zero attached hydrogens (tertiary/aromatic N) is 5. The van der Waals surface area contributed by atoms with Crippen molar-refractivity contribution in [3.05, 3.63) is 54.2 Å². The molecule has 2 heterocycles. The normalized spacial score (nSPS) is 10.7. The first-order valence-electron chi connectivity index (χ1n) is 7.91. The maximum absolute atomic E-state index is 12.1. The van der Waals surface area contributed by atoms with E-state index in [9.17, 15) is 4.79 Å². The predicted octanol–water partition coefficient (Wildman–Crippen LogP) is 2.38. The predicted molar refractivity (Wildman–Crippen MR) is 93.7 cm³/mol. The molecule has 1 amide bonds. The van der Waals surface area contributed by atoms with E-state index in [1.807, 2.05) is 17.6 Å². The Morgan fingerprint density at radius 1 is 1.12 bits per heavy atom. The van der Waals surface area contributed by atoms with Gasteiger partial charge in [0.1, 0.15) is 17.8 Å². The summed E-state index contributed by atoms with van der Waals surface area (Å²) in [6.07, 6.45) is 3.13. The van der Waals surface area contributed by atoms with E-state index in [0.29, 0.717) is 11.4 Å². The molecule has 0 unspecified atom stereocenters. The van der Waals surface area contributed by atoms with Crippen LogP contribution >= 0.6 is 0 Å². The van der Waals surface area contributed by atoms with Gasteiger partial charge in [0.2, 0.25) is 5.95 Å². The molecular formula is C17H19N7O. The van der Waals surface area contributed by atoms with Crippen molar-refractivity contribution in [2.45, 2.75) is 26.8 Å². The summed E-state index contributed by atoms with van der Waals surface area (Å²) in [7, 11) is 0. The highest BCUT2D eigenvalue weighted by molar-refractivity contribution is 5.94. The van der Waals surface area contributed by atoms with Gasteiger partial charge in [-0.25, -0.2) is 9.97 Å². The molecule has 0 saturated heterocycles. The van der Waals surface area contributed by atoms with Crippen LogP contribution in [0.15, 0.2) is 42.9 Å². The third-order valence-electron chi connectivity index (χ3n) is 3.62. The molecule has 0 aliphatic heterocycles. The van der Waals surface area contributed by atoms with Crippen LogP contribution in [0, 0.1) is 6.92 Å². The molecule has 1 aromatic carbocycles. The van der Waals surface area contributed by atoms with Gasteiger partial charge in [-0.2, -0.15) is 9.97 Å². The zero-order valence-electron chi connectivity index (χ0n) is 14.3. The first-order valence-corrected chi connectivity index (χ1v) is 7.91. The maximum Gasteiger partial charge on any atom is 0.269 e. The van der Waals surface area contributed by atoms with Crippen molar-refractivity contribution in [3.8, 4) is 11.5 Å². The second-order valence-electron chi connectivity index (χ2n) is 5.73. The second kappa shape index (κ2) is 7.08. The molecule has 0 aliphatic carbocycles. The van der Waals surface area contributed by atoms with Crippen LogP contribution in [0.4, 0.5) is 5.95 Å². The fourth-order valence-corrected chi connectivity index (χ4v) is 2.52. The Bertz CT molecular complexity index is 874. The minimum Gasteiger partial charge on any atom is -0.323 e. The van der Waals surface area contributed by atoms with E-state index >= 15 is 0 Å². The van der Waals surface area contributed by atoms with Gasteiger partial charge in [-0.3, -0.25) is 15.6 Å². The summed E-state index contributed by atoms with van der Waals surface area (Å²) in [5.74, 6) is 1.35. The fraction of sp³-hybridized carbons (Fsp3) is 0.235. The molecule has 0 radical (unpaired) electrons. The number of amides is 1. The average molecular weight is 337 g/mol. The smallest absolute Gasteiger partial charge is 0.269 e. The number of hydrogen-bond acceptors (Lipinski definition) is 6. The molecular weight excluding hydrogens is 318 g/mol. The zero-order valence-corrected chi connectivity index (χ0v) is 14.3. The molecule has 25 heavy (non-hydrogen) atoms. The van der Waals surface area contributed by atoms with E-state index in [-0.39, 0.29) is 17.9 Å². The van der Waals surface area contributed by atoms with Crippen molar-refractivity contribution < 1.29 is 4.79 Å². The number of anilines is 1. The maximum atomic E-state index is 12.1. The summed E-state index contributed by atoms with van der Waals surface area (Å²) in [6, 6.07) is 9.11. The molecule has 8 heteroatoms. The largest absolute Gasteiger partial charge is 0.323 e. The molecule has 2 N–H and O–H groups in total. The van der Waals surface area contributed by atoms with Crippen LogP contribution in [0.2, 0.25) is 0 Å². The van der Waals surface area contributed by atoms with Gasteiger partial charge >= 0.3 is 0 Å². The van der Waals surface area contributed by atoms with Crippen LogP contribution in [0.5, 0.6) is 0 Å². The Balaban J connectivity index is 1.77. The van der Waals surface area contributed by atoms with Gasteiger partial charge in [0, 0.05) is 11.6 Å². The minimum atomic E-state index is -0.273. The summed E-state index contributed by atoms with van der Waals surface area (Å²) >= 11 is 0. The molecule has 0 fully saturated rings. The highest BCUT2D eigenvalue weighted by atomic mass is 16.2. The highest BCUT2D eigenvalue weighted by Crippen LogP contribution is 2.21. The topological polar surface area (TPSA) is 97.6 Å². The van der Waals surface area contributed by atoms with Gasteiger partial charge in [-0.15, -0.1) is 0 Å². The molecule has 0 saturated carbocycles. The number of hydrazine groups is 1. The number of benzene rings is 1. The van der Waals surface area contributed by atoms with E-state index in [0.717, 1.165) is 11.5 Å². The van der Waals surface area contributed by atoms with Crippen LogP contribution in [0.3, 0.4) is 0 Å². The Morgan fingerprint density at radius 3 is 2.60 bits per heavy atom. The number of carbonyl (C=O) groups excluding carboxylic acids is 1. The van der Waals surface area contributed by atoms with Crippen molar-refractivity contribution >= 4 is 11.9 Å². The Labute approximate surface area is 145 Å². The summed E-state index contributed by atoms with van der Waals surface area (Å²) in [5.41, 5.74) is 6.63. The lowest BCUT2D eigenvalue weighted by Crippen LogP contribution is -2.30. The lowest BCUT2D eigenvalue weighted by molar-refractivity contribution is 0.0962. The van der Waals surface area contributed by atoms with Crippen molar-refractivity contribution in [1.82, 2.24) is 29.9 Å². The number of carbonyl (C=O) groups is 1. The third kappa shape index (κ3) is 3.63. The Hall–Kier alpha value is -3.29. The van der Waals surface area contributed by atoms with Crippen LogP contribution in [-0.2, 0) is 0 Å². The number of aryl methyl sites for hydroxylation is 1. The van der Waals surface area contributed by atoms with Crippen molar-refractivity contribution in [1.29, 1.82) is 0 Å². The number of hydrogen-bond donors (Lipinski definition) is 2. The number of imidazole rings is 1. The third-order valence-corrected chi connectivity index (χ3v) is 3.62. The zero-order chi connectivity index (χ0) is 17.8. The van der Waals surface area contributed by atoms with Crippen LogP contribution in [0.1, 0.15) is 36.1 Å². The summed E-state index contributed by atoms with van der Waals surface area (Å²) in [4.78, 5) is 29.0. The molecule has 2 aromatic heterocycles. The summed E-state index contributed by atoms with van der Waals surface area (Å²) < 4.78 is 2.04. The summed E-state index contributed by atoms with van der Waals surface area (Å²) in [5, 5.41) is 0. The van der Waals surface area contributed by atoms with Crippen LogP contribution in [-0.4, -0.2) is 30.4 Å². The molecule has 128 valence electrons. The van der Waals surface area contributed by atoms with E-state index < -0.39 is 0 Å². The molecule has 0 spiro atoms. The Kier molecular flexibility index (Phi) is 4.69. The van der Waals surface area contributed by atoms with Crippen LogP contribution < -0.4 is 10.9 Å². The minimum absolute atomic E-state index is 0.225. The monoisotopic (exact) mass is 337 g/mol. The Morgan fingerprint density at radius 2 is 1.88 bits per heavy atom. The molecule has 8 nitrogen and oxygen atoms in total. The van der Waals surface area contributed by atoms with E-state index in [1.54, 1.807) is 30.5 Å². The first kappa shape index (κ1) is 16.6. The molecule has 3 aromatic rings. The van der Waals surface area contributed by atoms with Crippen molar-refractivity contribution in [2.24, 2.45) is 0 Å². The van der Waals surface area contributed by atoms with Gasteiger partial charge in [0.05, 0.1) is 6.20 Å². The van der Waals surface area contributed by atoms with Gasteiger partial charge in [0.25, 0.3) is 5.91 Å². The first-order chi connectivity index (χ1) is 12.1. The van der Waals surface area contributed by atoms with Crippen molar-refractivity contribution in [3.63, 3.8) is 0 Å². The second-order valence-corrected chi connectivity index (χ2v) is 5.73. The number of rotatable bonds is 5. The van der Waals surface area contributed by atoms with Gasteiger partial charge in [0.15, 0.2) is 5.82 Å². The van der Waals surface area contributed by atoms with Gasteiger partial charge in [-0.1, -0.05) is 18.2 Å². The standard InChI is InChI=1S/C17H19N7O/c1-11(2)24-12(3)18-9-14(24)15-19-10-20-17(21-15)23-22-16(25)13-7-5-4-6-8-13/h4-11H,1-3H3,(H,22,25)(H,19,20,21,23). The SMILES string of the molecule is Cc1ncc(-c2ncnc(NNC(=O)c3ccccc3)n2)n1C(C)C. The van der Waals surface area contributed by atoms with Gasteiger partial charge in [-0.05, 0) is 32.9 Å². The van der Waals surface area contributed by atoms with Gasteiger partial charge < -0.3 is 4.57 Å². The number of aromatic nitrogens is 5. The van der Waals surface area contributed by atoms with E-state index in [2.05, 4.69) is 44.6 Å². The lowest BCUT2D eigenvalue weighted by atomic mass is 10.2. The summed E-state index contributed by atoms with van der Waals surface area (Å²) in [6.45, 7) is 6.07. The molecule has 0 atom stereocenters. The lowest BCUT2D eigenvalue weighted by Gasteiger charge is -2.13. The molecule has 0 aliphatic rings. The quantitative estimate of drug-likeness (QED) is 0.694. The molecule has 0 bridgehead atoms.